The van der Waals surface area contributed by atoms with Gasteiger partial charge in [-0.25, -0.2) is 0 Å². The molecule has 0 saturated carbocycles. The van der Waals surface area contributed by atoms with E-state index in [4.69, 9.17) is 0 Å². The molecule has 0 aliphatic carbocycles. The van der Waals surface area contributed by atoms with Crippen molar-refractivity contribution < 1.29 is 5.11 Å². The fourth-order valence-electron chi connectivity index (χ4n) is 3.34. The van der Waals surface area contributed by atoms with Crippen LogP contribution in [0.4, 0.5) is 11.4 Å². The quantitative estimate of drug-likeness (QED) is 0.564. The Kier molecular flexibility index (Phi) is 3.20. The molecule has 0 saturated heterocycles. The van der Waals surface area contributed by atoms with Crippen molar-refractivity contribution in [3.63, 3.8) is 0 Å². The van der Waals surface area contributed by atoms with Crippen LogP contribution in [0.25, 0.3) is 10.8 Å². The summed E-state index contributed by atoms with van der Waals surface area (Å²) in [5, 5.41) is 19.9. The second kappa shape index (κ2) is 5.17. The van der Waals surface area contributed by atoms with Gasteiger partial charge in [0.25, 0.3) is 0 Å². The predicted octanol–water partition coefficient (Wildman–Crippen LogP) is 5.38. The maximum Gasteiger partial charge on any atom is 0.127 e. The first-order valence-electron chi connectivity index (χ1n) is 8.32. The molecule has 0 amide bonds. The SMILES string of the molecule is CC(C)(C)c1ccc(O)c(C2Nc3cccc4cccc(c34)N2)c1. The highest BCUT2D eigenvalue weighted by molar-refractivity contribution is 6.04. The first-order chi connectivity index (χ1) is 11.4. The van der Waals surface area contributed by atoms with Crippen LogP contribution in [0, 0.1) is 0 Å². The normalized spacial score (nSPS) is 14.3. The molecule has 3 N–H and O–H groups in total. The number of rotatable bonds is 1. The summed E-state index contributed by atoms with van der Waals surface area (Å²) in [6.45, 7) is 6.54. The molecule has 1 aliphatic rings. The number of aromatic hydroxyl groups is 1. The summed E-state index contributed by atoms with van der Waals surface area (Å²) in [5.41, 5.74) is 4.29. The minimum absolute atomic E-state index is 0.0367. The van der Waals surface area contributed by atoms with Gasteiger partial charge in [0.05, 0.1) is 0 Å². The van der Waals surface area contributed by atoms with Gasteiger partial charge in [-0.3, -0.25) is 0 Å². The summed E-state index contributed by atoms with van der Waals surface area (Å²) in [7, 11) is 0. The lowest BCUT2D eigenvalue weighted by Crippen LogP contribution is -2.24. The van der Waals surface area contributed by atoms with E-state index in [0.29, 0.717) is 5.75 Å². The zero-order valence-corrected chi connectivity index (χ0v) is 14.2. The molecule has 0 fully saturated rings. The summed E-state index contributed by atoms with van der Waals surface area (Å²) in [5.74, 6) is 0.305. The van der Waals surface area contributed by atoms with Crippen LogP contribution in [0.3, 0.4) is 0 Å². The minimum atomic E-state index is -0.159. The van der Waals surface area contributed by atoms with Crippen LogP contribution in [0.2, 0.25) is 0 Å². The Morgan fingerprint density at radius 2 is 1.50 bits per heavy atom. The third-order valence-electron chi connectivity index (χ3n) is 4.71. The van der Waals surface area contributed by atoms with Crippen LogP contribution in [-0.2, 0) is 5.41 Å². The molecule has 0 radical (unpaired) electrons. The van der Waals surface area contributed by atoms with Gasteiger partial charge >= 0.3 is 0 Å². The average molecular weight is 318 g/mol. The molecule has 122 valence electrons. The van der Waals surface area contributed by atoms with E-state index in [9.17, 15) is 5.11 Å². The van der Waals surface area contributed by atoms with Gasteiger partial charge in [-0.05, 0) is 40.6 Å². The van der Waals surface area contributed by atoms with Crippen molar-refractivity contribution in [2.45, 2.75) is 32.4 Å². The van der Waals surface area contributed by atoms with Gasteiger partial charge in [-0.15, -0.1) is 0 Å². The molecular formula is C21H22N2O. The standard InChI is InChI=1S/C21H22N2O/c1-21(2,3)14-10-11-18(24)15(12-14)20-22-16-8-4-6-13-7-5-9-17(23-20)19(13)16/h4-12,20,22-24H,1-3H3. The van der Waals surface area contributed by atoms with Gasteiger partial charge < -0.3 is 15.7 Å². The third kappa shape index (κ3) is 2.37. The van der Waals surface area contributed by atoms with E-state index in [2.05, 4.69) is 73.9 Å². The van der Waals surface area contributed by atoms with Crippen LogP contribution < -0.4 is 10.6 Å². The van der Waals surface area contributed by atoms with Crippen molar-refractivity contribution in [2.24, 2.45) is 0 Å². The zero-order chi connectivity index (χ0) is 16.9. The van der Waals surface area contributed by atoms with Crippen molar-refractivity contribution in [3.8, 4) is 5.75 Å². The van der Waals surface area contributed by atoms with E-state index in [-0.39, 0.29) is 11.6 Å². The molecule has 0 atom stereocenters. The van der Waals surface area contributed by atoms with Crippen LogP contribution in [0.5, 0.6) is 5.75 Å². The molecule has 3 heteroatoms. The molecule has 0 aromatic heterocycles. The van der Waals surface area contributed by atoms with Crippen molar-refractivity contribution in [2.75, 3.05) is 10.6 Å². The van der Waals surface area contributed by atoms with E-state index < -0.39 is 0 Å². The van der Waals surface area contributed by atoms with E-state index in [0.717, 1.165) is 16.9 Å². The Morgan fingerprint density at radius 3 is 2.08 bits per heavy atom. The number of anilines is 2. The van der Waals surface area contributed by atoms with Gasteiger partial charge in [-0.1, -0.05) is 51.1 Å². The second-order valence-corrected chi connectivity index (χ2v) is 7.45. The lowest BCUT2D eigenvalue weighted by Gasteiger charge is -2.31. The third-order valence-corrected chi connectivity index (χ3v) is 4.71. The molecule has 0 bridgehead atoms. The van der Waals surface area contributed by atoms with Crippen molar-refractivity contribution in [1.29, 1.82) is 0 Å². The largest absolute Gasteiger partial charge is 0.508 e. The van der Waals surface area contributed by atoms with Crippen LogP contribution in [-0.4, -0.2) is 5.11 Å². The number of hydrogen-bond donors (Lipinski definition) is 3. The molecule has 0 spiro atoms. The van der Waals surface area contributed by atoms with E-state index >= 15 is 0 Å². The number of nitrogens with one attached hydrogen (secondary N) is 2. The Hall–Kier alpha value is -2.68. The Labute approximate surface area is 142 Å². The molecule has 0 unspecified atom stereocenters. The number of phenols is 1. The highest BCUT2D eigenvalue weighted by Gasteiger charge is 2.24. The zero-order valence-electron chi connectivity index (χ0n) is 14.2. The Morgan fingerprint density at radius 1 is 0.875 bits per heavy atom. The van der Waals surface area contributed by atoms with Crippen LogP contribution >= 0.6 is 0 Å². The summed E-state index contributed by atoms with van der Waals surface area (Å²) < 4.78 is 0. The lowest BCUT2D eigenvalue weighted by atomic mass is 9.85. The molecule has 4 rings (SSSR count). The van der Waals surface area contributed by atoms with Gasteiger partial charge in [0.2, 0.25) is 0 Å². The number of benzene rings is 3. The van der Waals surface area contributed by atoms with Gasteiger partial charge in [0, 0.05) is 22.3 Å². The maximum absolute atomic E-state index is 10.4. The smallest absolute Gasteiger partial charge is 0.127 e. The van der Waals surface area contributed by atoms with Crippen LogP contribution in [0.15, 0.2) is 54.6 Å². The molecule has 24 heavy (non-hydrogen) atoms. The summed E-state index contributed by atoms with van der Waals surface area (Å²) in [6, 6.07) is 18.4. The number of phenolic OH excluding ortho intramolecular Hbond substituents is 1. The Balaban J connectivity index is 1.80. The molecule has 1 heterocycles. The number of hydrogen-bond acceptors (Lipinski definition) is 3. The first-order valence-corrected chi connectivity index (χ1v) is 8.32. The second-order valence-electron chi connectivity index (χ2n) is 7.45. The predicted molar refractivity (Wildman–Crippen MR) is 101 cm³/mol. The summed E-state index contributed by atoms with van der Waals surface area (Å²) in [6.07, 6.45) is -0.159. The highest BCUT2D eigenvalue weighted by atomic mass is 16.3. The Bertz CT molecular complexity index is 884. The summed E-state index contributed by atoms with van der Waals surface area (Å²) >= 11 is 0. The lowest BCUT2D eigenvalue weighted by molar-refractivity contribution is 0.464. The average Bonchev–Trinajstić information content (AvgIpc) is 2.54. The van der Waals surface area contributed by atoms with E-state index in [1.54, 1.807) is 6.07 Å². The molecule has 3 aromatic rings. The fourth-order valence-corrected chi connectivity index (χ4v) is 3.34. The molecule has 1 aliphatic heterocycles. The molecule has 3 nitrogen and oxygen atoms in total. The van der Waals surface area contributed by atoms with Crippen molar-refractivity contribution >= 4 is 22.1 Å². The molecule has 3 aromatic carbocycles. The van der Waals surface area contributed by atoms with E-state index in [1.807, 2.05) is 6.07 Å². The fraction of sp³-hybridized carbons (Fsp3) is 0.238. The topological polar surface area (TPSA) is 44.3 Å². The van der Waals surface area contributed by atoms with Crippen LogP contribution in [0.1, 0.15) is 38.1 Å². The molecular weight excluding hydrogens is 296 g/mol. The van der Waals surface area contributed by atoms with Gasteiger partial charge in [0.1, 0.15) is 11.9 Å². The maximum atomic E-state index is 10.4. The van der Waals surface area contributed by atoms with Crippen molar-refractivity contribution in [1.82, 2.24) is 0 Å². The first kappa shape index (κ1) is 14.9. The van der Waals surface area contributed by atoms with Gasteiger partial charge in [-0.2, -0.15) is 0 Å². The summed E-state index contributed by atoms with van der Waals surface area (Å²) in [4.78, 5) is 0. The minimum Gasteiger partial charge on any atom is -0.508 e. The van der Waals surface area contributed by atoms with Crippen molar-refractivity contribution in [3.05, 3.63) is 65.7 Å². The monoisotopic (exact) mass is 318 g/mol. The highest BCUT2D eigenvalue weighted by Crippen LogP contribution is 2.40. The van der Waals surface area contributed by atoms with E-state index in [1.165, 1.54) is 16.3 Å². The van der Waals surface area contributed by atoms with Gasteiger partial charge in [0.15, 0.2) is 0 Å².